The molecule has 0 aromatic heterocycles. The zero-order valence-electron chi connectivity index (χ0n) is 12.6. The first-order valence-corrected chi connectivity index (χ1v) is 8.58. The third-order valence-electron chi connectivity index (χ3n) is 3.70. The summed E-state index contributed by atoms with van der Waals surface area (Å²) in [5.74, 6) is -1.35. The molecule has 1 aromatic carbocycles. The van der Waals surface area contributed by atoms with Crippen LogP contribution in [0.3, 0.4) is 0 Å². The lowest BCUT2D eigenvalue weighted by molar-refractivity contribution is -0.146. The van der Waals surface area contributed by atoms with Gasteiger partial charge in [0, 0.05) is 12.6 Å². The Bertz CT molecular complexity index is 725. The van der Waals surface area contributed by atoms with Crippen LogP contribution in [-0.4, -0.2) is 49.9 Å². The number of likely N-dealkylation sites (tertiary alicyclic amines) is 1. The molecule has 0 unspecified atom stereocenters. The molecule has 0 radical (unpaired) electrons. The molecule has 0 spiro atoms. The number of carboxylic acids is 1. The van der Waals surface area contributed by atoms with Gasteiger partial charge in [0.1, 0.15) is 6.04 Å². The minimum atomic E-state index is -3.49. The number of hydrogen-bond donors (Lipinski definition) is 2. The topological polar surface area (TPSA) is 104 Å². The van der Waals surface area contributed by atoms with Gasteiger partial charge < -0.3 is 10.0 Å². The summed E-state index contributed by atoms with van der Waals surface area (Å²) in [4.78, 5) is 24.6. The summed E-state index contributed by atoms with van der Waals surface area (Å²) in [7, 11) is -2.16. The van der Waals surface area contributed by atoms with Gasteiger partial charge in [-0.2, -0.15) is 0 Å². The lowest BCUT2D eigenvalue weighted by atomic mass is 10.2. The SMILES string of the molecule is CNS(=O)(=O)c1ccc(/C=C/C(=O)N2CCC[C@@H]2C(=O)O)cc1. The number of nitrogens with one attached hydrogen (secondary N) is 1. The van der Waals surface area contributed by atoms with Crippen LogP contribution in [-0.2, 0) is 19.6 Å². The normalized spacial score (nSPS) is 18.5. The van der Waals surface area contributed by atoms with Crippen molar-refractivity contribution < 1.29 is 23.1 Å². The minimum Gasteiger partial charge on any atom is -0.480 e. The van der Waals surface area contributed by atoms with Crippen molar-refractivity contribution >= 4 is 28.0 Å². The number of nitrogens with zero attached hydrogens (tertiary/aromatic N) is 1. The highest BCUT2D eigenvalue weighted by Gasteiger charge is 2.32. The Hall–Kier alpha value is -2.19. The first-order valence-electron chi connectivity index (χ1n) is 7.10. The molecule has 0 bridgehead atoms. The van der Waals surface area contributed by atoms with E-state index in [1.54, 1.807) is 12.1 Å². The summed E-state index contributed by atoms with van der Waals surface area (Å²) >= 11 is 0. The second kappa shape index (κ2) is 6.93. The molecule has 1 aliphatic rings. The van der Waals surface area contributed by atoms with Crippen molar-refractivity contribution in [2.45, 2.75) is 23.8 Å². The van der Waals surface area contributed by atoms with Gasteiger partial charge in [0.2, 0.25) is 15.9 Å². The molecule has 1 heterocycles. The van der Waals surface area contributed by atoms with E-state index in [1.807, 2.05) is 0 Å². The van der Waals surface area contributed by atoms with Crippen molar-refractivity contribution in [1.29, 1.82) is 0 Å². The lowest BCUT2D eigenvalue weighted by Gasteiger charge is -2.19. The number of aliphatic carboxylic acids is 1. The predicted molar refractivity (Wildman–Crippen MR) is 84.1 cm³/mol. The van der Waals surface area contributed by atoms with Crippen LogP contribution in [0.25, 0.3) is 6.08 Å². The summed E-state index contributed by atoms with van der Waals surface area (Å²) in [6.07, 6.45) is 3.98. The van der Waals surface area contributed by atoms with Crippen molar-refractivity contribution in [3.05, 3.63) is 35.9 Å². The number of carbonyl (C=O) groups excluding carboxylic acids is 1. The van der Waals surface area contributed by atoms with Gasteiger partial charge in [-0.15, -0.1) is 0 Å². The number of amides is 1. The van der Waals surface area contributed by atoms with Crippen molar-refractivity contribution in [3.63, 3.8) is 0 Å². The van der Waals surface area contributed by atoms with Gasteiger partial charge in [0.05, 0.1) is 4.90 Å². The van der Waals surface area contributed by atoms with Gasteiger partial charge in [-0.25, -0.2) is 17.9 Å². The Morgan fingerprint density at radius 1 is 1.30 bits per heavy atom. The molecule has 1 aromatic rings. The summed E-state index contributed by atoms with van der Waals surface area (Å²) in [5, 5.41) is 9.07. The van der Waals surface area contributed by atoms with E-state index in [1.165, 1.54) is 36.2 Å². The quantitative estimate of drug-likeness (QED) is 0.769. The standard InChI is InChI=1S/C15H18N2O5S/c1-16-23(21,22)12-7-4-11(5-8-12)6-9-14(18)17-10-2-3-13(17)15(19)20/h4-9,13,16H,2-3,10H2,1H3,(H,19,20)/b9-6+/t13-/m1/s1. The number of carboxylic acid groups (broad SMARTS) is 1. The van der Waals surface area contributed by atoms with Gasteiger partial charge >= 0.3 is 5.97 Å². The number of rotatable bonds is 5. The van der Waals surface area contributed by atoms with Gasteiger partial charge in [-0.1, -0.05) is 12.1 Å². The van der Waals surface area contributed by atoms with Crippen LogP contribution < -0.4 is 4.72 Å². The Balaban J connectivity index is 2.08. The predicted octanol–water partition coefficient (Wildman–Crippen LogP) is 0.683. The van der Waals surface area contributed by atoms with E-state index in [0.29, 0.717) is 24.9 Å². The van der Waals surface area contributed by atoms with Crippen molar-refractivity contribution in [2.24, 2.45) is 0 Å². The zero-order valence-corrected chi connectivity index (χ0v) is 13.4. The van der Waals surface area contributed by atoms with Crippen LogP contribution in [0.15, 0.2) is 35.2 Å². The summed E-state index contributed by atoms with van der Waals surface area (Å²) in [5.41, 5.74) is 0.652. The summed E-state index contributed by atoms with van der Waals surface area (Å²) in [6.45, 7) is 0.430. The largest absolute Gasteiger partial charge is 0.480 e. The van der Waals surface area contributed by atoms with Crippen LogP contribution >= 0.6 is 0 Å². The highest BCUT2D eigenvalue weighted by molar-refractivity contribution is 7.89. The maximum atomic E-state index is 12.1. The highest BCUT2D eigenvalue weighted by atomic mass is 32.2. The van der Waals surface area contributed by atoms with Crippen LogP contribution in [0.1, 0.15) is 18.4 Å². The van der Waals surface area contributed by atoms with Crippen molar-refractivity contribution in [3.8, 4) is 0 Å². The molecule has 1 saturated heterocycles. The van der Waals surface area contributed by atoms with Crippen LogP contribution in [0, 0.1) is 0 Å². The van der Waals surface area contributed by atoms with E-state index < -0.39 is 22.0 Å². The monoisotopic (exact) mass is 338 g/mol. The number of sulfonamides is 1. The van der Waals surface area contributed by atoms with Gasteiger partial charge in [-0.05, 0) is 43.7 Å². The third-order valence-corrected chi connectivity index (χ3v) is 5.13. The van der Waals surface area contributed by atoms with Crippen LogP contribution in [0.5, 0.6) is 0 Å². The fraction of sp³-hybridized carbons (Fsp3) is 0.333. The average Bonchev–Trinajstić information content (AvgIpc) is 3.03. The molecule has 124 valence electrons. The average molecular weight is 338 g/mol. The van der Waals surface area contributed by atoms with Crippen molar-refractivity contribution in [2.75, 3.05) is 13.6 Å². The number of benzene rings is 1. The summed E-state index contributed by atoms with van der Waals surface area (Å²) < 4.78 is 25.4. The van der Waals surface area contributed by atoms with E-state index in [4.69, 9.17) is 5.11 Å². The molecule has 7 nitrogen and oxygen atoms in total. The molecular formula is C15H18N2O5S. The Labute approximate surface area is 134 Å². The smallest absolute Gasteiger partial charge is 0.326 e. The molecule has 0 saturated carbocycles. The van der Waals surface area contributed by atoms with E-state index >= 15 is 0 Å². The fourth-order valence-corrected chi connectivity index (χ4v) is 3.16. The van der Waals surface area contributed by atoms with E-state index in [0.717, 1.165) is 0 Å². The molecule has 0 aliphatic carbocycles. The second-order valence-electron chi connectivity index (χ2n) is 5.14. The molecule has 1 amide bonds. The van der Waals surface area contributed by atoms with E-state index in [9.17, 15) is 18.0 Å². The Kier molecular flexibility index (Phi) is 5.17. The third kappa shape index (κ3) is 3.96. The Morgan fingerprint density at radius 3 is 2.52 bits per heavy atom. The highest BCUT2D eigenvalue weighted by Crippen LogP contribution is 2.18. The maximum absolute atomic E-state index is 12.1. The molecule has 23 heavy (non-hydrogen) atoms. The molecule has 1 fully saturated rings. The van der Waals surface area contributed by atoms with E-state index in [2.05, 4.69) is 4.72 Å². The first kappa shape index (κ1) is 17.2. The molecule has 8 heteroatoms. The lowest BCUT2D eigenvalue weighted by Crippen LogP contribution is -2.39. The van der Waals surface area contributed by atoms with Gasteiger partial charge in [0.25, 0.3) is 0 Å². The fourth-order valence-electron chi connectivity index (χ4n) is 2.43. The molecular weight excluding hydrogens is 320 g/mol. The second-order valence-corrected chi connectivity index (χ2v) is 7.02. The Morgan fingerprint density at radius 2 is 1.96 bits per heavy atom. The van der Waals surface area contributed by atoms with Crippen LogP contribution in [0.2, 0.25) is 0 Å². The first-order chi connectivity index (χ1) is 10.8. The zero-order chi connectivity index (χ0) is 17.0. The van der Waals surface area contributed by atoms with Crippen LogP contribution in [0.4, 0.5) is 0 Å². The molecule has 1 aliphatic heterocycles. The summed E-state index contributed by atoms with van der Waals surface area (Å²) in [6, 6.07) is 5.26. The van der Waals surface area contributed by atoms with Crippen molar-refractivity contribution in [1.82, 2.24) is 9.62 Å². The van der Waals surface area contributed by atoms with Gasteiger partial charge in [-0.3, -0.25) is 4.79 Å². The number of carbonyl (C=O) groups is 2. The maximum Gasteiger partial charge on any atom is 0.326 e. The van der Waals surface area contributed by atoms with Gasteiger partial charge in [0.15, 0.2) is 0 Å². The molecule has 2 N–H and O–H groups in total. The minimum absolute atomic E-state index is 0.133. The molecule has 1 atom stereocenters. The van der Waals surface area contributed by atoms with E-state index in [-0.39, 0.29) is 10.8 Å². The number of hydrogen-bond acceptors (Lipinski definition) is 4. The molecule has 2 rings (SSSR count).